The predicted octanol–water partition coefficient (Wildman–Crippen LogP) is 3.83. The van der Waals surface area contributed by atoms with E-state index >= 15 is 0 Å². The van der Waals surface area contributed by atoms with Gasteiger partial charge in [-0.1, -0.05) is 60.7 Å². The largest absolute Gasteiger partial charge is 0.480 e. The number of carboxylic acids is 1. The normalized spacial score (nSPS) is 13.0. The number of carbonyl (C=O) groups excluding carboxylic acids is 2. The van der Waals surface area contributed by atoms with Crippen molar-refractivity contribution < 1.29 is 24.2 Å². The van der Waals surface area contributed by atoms with E-state index in [0.717, 1.165) is 22.3 Å². The number of amides is 1. The van der Waals surface area contributed by atoms with Crippen molar-refractivity contribution in [3.63, 3.8) is 0 Å². The lowest BCUT2D eigenvalue weighted by Gasteiger charge is -2.17. The molecule has 0 aromatic heterocycles. The number of nitrogen functional groups attached to an aromatic ring is 1. The van der Waals surface area contributed by atoms with Crippen LogP contribution < -0.4 is 11.1 Å². The van der Waals surface area contributed by atoms with Gasteiger partial charge >= 0.3 is 12.1 Å². The van der Waals surface area contributed by atoms with Crippen molar-refractivity contribution in [3.8, 4) is 11.1 Å². The molecule has 3 aromatic rings. The van der Waals surface area contributed by atoms with Gasteiger partial charge in [-0.15, -0.1) is 0 Å². The summed E-state index contributed by atoms with van der Waals surface area (Å²) in [5.41, 5.74) is 10.5. The average Bonchev–Trinajstić information content (AvgIpc) is 3.11. The van der Waals surface area contributed by atoms with E-state index in [1.54, 1.807) is 18.2 Å². The molecule has 0 heterocycles. The second-order valence-electron chi connectivity index (χ2n) is 7.58. The summed E-state index contributed by atoms with van der Waals surface area (Å²) in [5.74, 6) is -1.96. The van der Waals surface area contributed by atoms with Crippen molar-refractivity contribution in [1.82, 2.24) is 5.32 Å². The number of nitrogens with two attached hydrogens (primary N) is 1. The SMILES string of the molecule is Nc1ccccc1C(=O)CC(NC(=O)OCC1c2ccccc2-c2ccccc21)C(=O)O. The molecule has 0 radical (unpaired) electrons. The topological polar surface area (TPSA) is 119 Å². The van der Waals surface area contributed by atoms with Crippen LogP contribution >= 0.6 is 0 Å². The molecule has 1 unspecified atom stereocenters. The van der Waals surface area contributed by atoms with Gasteiger partial charge in [0, 0.05) is 23.6 Å². The van der Waals surface area contributed by atoms with Crippen LogP contribution in [-0.4, -0.2) is 35.6 Å². The number of ketones is 1. The predicted molar refractivity (Wildman–Crippen MR) is 119 cm³/mol. The fourth-order valence-electron chi connectivity index (χ4n) is 4.03. The van der Waals surface area contributed by atoms with E-state index < -0.39 is 30.3 Å². The molecule has 0 spiro atoms. The minimum absolute atomic E-state index is 0.0474. The molecule has 4 rings (SSSR count). The first-order valence-corrected chi connectivity index (χ1v) is 10.2. The van der Waals surface area contributed by atoms with Crippen molar-refractivity contribution in [1.29, 1.82) is 0 Å². The maximum absolute atomic E-state index is 12.5. The highest BCUT2D eigenvalue weighted by Gasteiger charge is 2.30. The highest BCUT2D eigenvalue weighted by atomic mass is 16.5. The summed E-state index contributed by atoms with van der Waals surface area (Å²) in [7, 11) is 0. The zero-order valence-corrected chi connectivity index (χ0v) is 17.2. The monoisotopic (exact) mass is 430 g/mol. The number of benzene rings is 3. The summed E-state index contributed by atoms with van der Waals surface area (Å²) >= 11 is 0. The summed E-state index contributed by atoms with van der Waals surface area (Å²) in [6, 6.07) is 20.8. The Morgan fingerprint density at radius 3 is 2.06 bits per heavy atom. The smallest absolute Gasteiger partial charge is 0.407 e. The molecule has 32 heavy (non-hydrogen) atoms. The van der Waals surface area contributed by atoms with Gasteiger partial charge in [-0.25, -0.2) is 9.59 Å². The third-order valence-electron chi connectivity index (χ3n) is 5.58. The molecule has 3 aromatic carbocycles. The number of carbonyl (C=O) groups is 3. The third-order valence-corrected chi connectivity index (χ3v) is 5.58. The first kappa shape index (κ1) is 21.1. The van der Waals surface area contributed by atoms with Crippen LogP contribution in [0.5, 0.6) is 0 Å². The molecule has 4 N–H and O–H groups in total. The molecule has 7 nitrogen and oxygen atoms in total. The lowest BCUT2D eigenvalue weighted by atomic mass is 9.98. The standard InChI is InChI=1S/C25H22N2O5/c26-21-12-6-5-11-19(21)23(28)13-22(24(29)30)27-25(31)32-14-20-17-9-3-1-7-15(17)16-8-2-4-10-18(16)20/h1-12,20,22H,13-14,26H2,(H,27,31)(H,29,30). The number of carboxylic acid groups (broad SMARTS) is 1. The van der Waals surface area contributed by atoms with Crippen molar-refractivity contribution in [2.45, 2.75) is 18.4 Å². The van der Waals surface area contributed by atoms with Gasteiger partial charge in [0.2, 0.25) is 0 Å². The summed E-state index contributed by atoms with van der Waals surface area (Å²) < 4.78 is 5.38. The van der Waals surface area contributed by atoms with E-state index in [0.29, 0.717) is 0 Å². The highest BCUT2D eigenvalue weighted by molar-refractivity contribution is 6.03. The van der Waals surface area contributed by atoms with Crippen LogP contribution in [0.1, 0.15) is 33.8 Å². The lowest BCUT2D eigenvalue weighted by Crippen LogP contribution is -2.42. The van der Waals surface area contributed by atoms with Gasteiger partial charge in [0.25, 0.3) is 0 Å². The Bertz CT molecular complexity index is 1140. The Hall–Kier alpha value is -4.13. The fourth-order valence-corrected chi connectivity index (χ4v) is 4.03. The van der Waals surface area contributed by atoms with Crippen LogP contribution in [0, 0.1) is 0 Å². The maximum Gasteiger partial charge on any atom is 0.407 e. The Kier molecular flexibility index (Phi) is 5.89. The van der Waals surface area contributed by atoms with E-state index in [9.17, 15) is 19.5 Å². The van der Waals surface area contributed by atoms with Crippen molar-refractivity contribution >= 4 is 23.5 Å². The van der Waals surface area contributed by atoms with Crippen LogP contribution in [0.4, 0.5) is 10.5 Å². The zero-order valence-electron chi connectivity index (χ0n) is 17.2. The molecule has 1 aliphatic carbocycles. The Labute approximate surface area is 184 Å². The van der Waals surface area contributed by atoms with E-state index in [2.05, 4.69) is 5.32 Å². The summed E-state index contributed by atoms with van der Waals surface area (Å²) in [5, 5.41) is 11.8. The molecule has 162 valence electrons. The zero-order chi connectivity index (χ0) is 22.7. The molecule has 7 heteroatoms. The summed E-state index contributed by atoms with van der Waals surface area (Å²) in [6.45, 7) is 0.0474. The molecule has 1 atom stereocenters. The van der Waals surface area contributed by atoms with Crippen LogP contribution in [0.15, 0.2) is 72.8 Å². The molecular formula is C25H22N2O5. The highest BCUT2D eigenvalue weighted by Crippen LogP contribution is 2.44. The molecule has 1 amide bonds. The number of ether oxygens (including phenoxy) is 1. The Morgan fingerprint density at radius 2 is 1.47 bits per heavy atom. The van der Waals surface area contributed by atoms with Gasteiger partial charge in [-0.05, 0) is 34.4 Å². The van der Waals surface area contributed by atoms with Crippen LogP contribution in [0.25, 0.3) is 11.1 Å². The number of nitrogens with one attached hydrogen (secondary N) is 1. The van der Waals surface area contributed by atoms with Gasteiger partial charge in [0.1, 0.15) is 12.6 Å². The minimum Gasteiger partial charge on any atom is -0.480 e. The number of hydrogen-bond acceptors (Lipinski definition) is 5. The first-order chi connectivity index (χ1) is 15.5. The lowest BCUT2D eigenvalue weighted by molar-refractivity contribution is -0.139. The van der Waals surface area contributed by atoms with Gasteiger partial charge < -0.3 is 20.9 Å². The summed E-state index contributed by atoms with van der Waals surface area (Å²) in [6.07, 6.45) is -1.33. The number of anilines is 1. The fraction of sp³-hybridized carbons (Fsp3) is 0.160. The number of para-hydroxylation sites is 1. The maximum atomic E-state index is 12.5. The second-order valence-corrected chi connectivity index (χ2v) is 7.58. The van der Waals surface area contributed by atoms with E-state index in [1.807, 2.05) is 48.5 Å². The number of alkyl carbamates (subject to hydrolysis) is 1. The molecule has 0 aliphatic heterocycles. The van der Waals surface area contributed by atoms with Crippen molar-refractivity contribution in [2.75, 3.05) is 12.3 Å². The van der Waals surface area contributed by atoms with Gasteiger partial charge in [0.05, 0.1) is 0 Å². The van der Waals surface area contributed by atoms with Crippen LogP contribution in [-0.2, 0) is 9.53 Å². The molecule has 0 saturated heterocycles. The van der Waals surface area contributed by atoms with Crippen molar-refractivity contribution in [3.05, 3.63) is 89.5 Å². The quantitative estimate of drug-likeness (QED) is 0.387. The average molecular weight is 430 g/mol. The number of aliphatic carboxylic acids is 1. The Balaban J connectivity index is 1.42. The minimum atomic E-state index is -1.43. The molecule has 0 fully saturated rings. The molecule has 0 saturated carbocycles. The number of fused-ring (bicyclic) bond motifs is 3. The van der Waals surface area contributed by atoms with Gasteiger partial charge in [-0.3, -0.25) is 4.79 Å². The second kappa shape index (κ2) is 8.93. The van der Waals surface area contributed by atoms with E-state index in [-0.39, 0.29) is 23.8 Å². The Morgan fingerprint density at radius 1 is 0.906 bits per heavy atom. The molecule has 1 aliphatic rings. The molecule has 0 bridgehead atoms. The van der Waals surface area contributed by atoms with Gasteiger partial charge in [0.15, 0.2) is 5.78 Å². The summed E-state index contributed by atoms with van der Waals surface area (Å²) in [4.78, 5) is 36.5. The van der Waals surface area contributed by atoms with E-state index in [4.69, 9.17) is 10.5 Å². The van der Waals surface area contributed by atoms with Crippen LogP contribution in [0.3, 0.4) is 0 Å². The van der Waals surface area contributed by atoms with E-state index in [1.165, 1.54) is 6.07 Å². The number of hydrogen-bond donors (Lipinski definition) is 3. The van der Waals surface area contributed by atoms with Gasteiger partial charge in [-0.2, -0.15) is 0 Å². The van der Waals surface area contributed by atoms with Crippen LogP contribution in [0.2, 0.25) is 0 Å². The first-order valence-electron chi connectivity index (χ1n) is 10.2. The van der Waals surface area contributed by atoms with Crippen molar-refractivity contribution in [2.24, 2.45) is 0 Å². The number of Topliss-reactive ketones (excluding diaryl/α,β-unsaturated/α-hetero) is 1. The number of rotatable bonds is 7. The third kappa shape index (κ3) is 4.18. The molecular weight excluding hydrogens is 408 g/mol.